The lowest BCUT2D eigenvalue weighted by atomic mass is 9.92. The lowest BCUT2D eigenvalue weighted by Gasteiger charge is -2.28. The molecule has 0 saturated heterocycles. The van der Waals surface area contributed by atoms with Crippen LogP contribution in [-0.2, 0) is 4.79 Å². The molecule has 13 heteroatoms. The molecule has 5 rings (SSSR count). The SMILES string of the molecule is COc1cc(OCC(=O)NC2CCC(F)(F)CC2)c2cc(-c3cn4nc(OC)sc4n3)nn2c1. The minimum atomic E-state index is -2.64. The molecule has 34 heavy (non-hydrogen) atoms. The summed E-state index contributed by atoms with van der Waals surface area (Å²) in [5.41, 5.74) is 1.81. The van der Waals surface area contributed by atoms with Gasteiger partial charge in [-0.05, 0) is 30.2 Å². The number of carbonyl (C=O) groups excluding carboxylic acids is 1. The number of hydrogen-bond acceptors (Lipinski definition) is 8. The second-order valence-electron chi connectivity index (χ2n) is 8.02. The summed E-state index contributed by atoms with van der Waals surface area (Å²) < 4.78 is 46.1. The van der Waals surface area contributed by atoms with Gasteiger partial charge >= 0.3 is 0 Å². The van der Waals surface area contributed by atoms with Crippen LogP contribution in [0, 0.1) is 0 Å². The van der Waals surface area contributed by atoms with E-state index in [1.54, 1.807) is 40.7 Å². The zero-order valence-electron chi connectivity index (χ0n) is 18.5. The van der Waals surface area contributed by atoms with Gasteiger partial charge in [0.2, 0.25) is 10.9 Å². The number of rotatable bonds is 7. The quantitative estimate of drug-likeness (QED) is 0.423. The monoisotopic (exact) mass is 492 g/mol. The molecule has 1 aliphatic rings. The van der Waals surface area contributed by atoms with Crippen molar-refractivity contribution in [2.45, 2.75) is 37.6 Å². The molecule has 0 radical (unpaired) electrons. The lowest BCUT2D eigenvalue weighted by Crippen LogP contribution is -2.42. The van der Waals surface area contributed by atoms with Gasteiger partial charge < -0.3 is 19.5 Å². The number of pyridine rings is 1. The highest BCUT2D eigenvalue weighted by atomic mass is 32.1. The first kappa shape index (κ1) is 22.3. The number of nitrogens with one attached hydrogen (secondary N) is 1. The molecule has 180 valence electrons. The molecule has 1 fully saturated rings. The summed E-state index contributed by atoms with van der Waals surface area (Å²) in [5, 5.41) is 12.1. The first-order chi connectivity index (χ1) is 16.3. The number of halogens is 2. The molecule has 1 amide bonds. The second kappa shape index (κ2) is 8.70. The van der Waals surface area contributed by atoms with Crippen molar-refractivity contribution >= 4 is 27.7 Å². The smallest absolute Gasteiger partial charge is 0.294 e. The van der Waals surface area contributed by atoms with Crippen LogP contribution in [0.25, 0.3) is 21.9 Å². The summed E-state index contributed by atoms with van der Waals surface area (Å²) >= 11 is 1.31. The third-order valence-electron chi connectivity index (χ3n) is 5.65. The van der Waals surface area contributed by atoms with Crippen LogP contribution in [0.1, 0.15) is 25.7 Å². The van der Waals surface area contributed by atoms with Gasteiger partial charge in [0, 0.05) is 24.9 Å². The maximum Gasteiger partial charge on any atom is 0.294 e. The molecule has 1 N–H and O–H groups in total. The third-order valence-corrected chi connectivity index (χ3v) is 6.53. The summed E-state index contributed by atoms with van der Waals surface area (Å²) in [6, 6.07) is 3.18. The fraction of sp³-hybridized carbons (Fsp3) is 0.429. The van der Waals surface area contributed by atoms with Crippen LogP contribution >= 0.6 is 11.3 Å². The number of nitrogens with zero attached hydrogens (tertiary/aromatic N) is 5. The molecule has 4 heterocycles. The van der Waals surface area contributed by atoms with Gasteiger partial charge in [-0.3, -0.25) is 4.79 Å². The highest BCUT2D eigenvalue weighted by Gasteiger charge is 2.35. The number of carbonyl (C=O) groups is 1. The van der Waals surface area contributed by atoms with Crippen molar-refractivity contribution < 1.29 is 27.8 Å². The molecule has 1 saturated carbocycles. The lowest BCUT2D eigenvalue weighted by molar-refractivity contribution is -0.124. The zero-order chi connectivity index (χ0) is 23.9. The fourth-order valence-electron chi connectivity index (χ4n) is 3.88. The summed E-state index contributed by atoms with van der Waals surface area (Å²) in [6.07, 6.45) is 3.49. The van der Waals surface area contributed by atoms with Gasteiger partial charge in [-0.15, -0.1) is 5.10 Å². The van der Waals surface area contributed by atoms with E-state index in [0.717, 1.165) is 0 Å². The average molecular weight is 493 g/mol. The number of ether oxygens (including phenoxy) is 3. The minimum Gasteiger partial charge on any atom is -0.495 e. The van der Waals surface area contributed by atoms with Crippen molar-refractivity contribution in [3.63, 3.8) is 0 Å². The highest BCUT2D eigenvalue weighted by Crippen LogP contribution is 2.33. The van der Waals surface area contributed by atoms with Gasteiger partial charge in [-0.1, -0.05) is 0 Å². The number of amides is 1. The Morgan fingerprint density at radius 3 is 2.65 bits per heavy atom. The van der Waals surface area contributed by atoms with Gasteiger partial charge in [0.15, 0.2) is 6.61 Å². The van der Waals surface area contributed by atoms with Crippen LogP contribution in [0.4, 0.5) is 8.78 Å². The van der Waals surface area contributed by atoms with Crippen LogP contribution in [0.15, 0.2) is 24.5 Å². The maximum absolute atomic E-state index is 13.3. The Kier molecular flexibility index (Phi) is 5.71. The predicted octanol–water partition coefficient (Wildman–Crippen LogP) is 3.20. The van der Waals surface area contributed by atoms with Gasteiger partial charge in [0.1, 0.15) is 28.4 Å². The van der Waals surface area contributed by atoms with E-state index in [2.05, 4.69) is 20.5 Å². The van der Waals surface area contributed by atoms with Crippen molar-refractivity contribution in [2.75, 3.05) is 20.8 Å². The van der Waals surface area contributed by atoms with Gasteiger partial charge in [-0.25, -0.2) is 22.8 Å². The molecule has 1 aliphatic carbocycles. The topological polar surface area (TPSA) is 104 Å². The number of hydrogen-bond donors (Lipinski definition) is 1. The number of methoxy groups -OCH3 is 2. The zero-order valence-corrected chi connectivity index (χ0v) is 19.3. The van der Waals surface area contributed by atoms with Gasteiger partial charge in [0.25, 0.3) is 11.1 Å². The summed E-state index contributed by atoms with van der Waals surface area (Å²) in [4.78, 5) is 17.6. The fourth-order valence-corrected chi connectivity index (χ4v) is 4.57. The van der Waals surface area contributed by atoms with Crippen LogP contribution < -0.4 is 19.5 Å². The first-order valence-corrected chi connectivity index (χ1v) is 11.4. The summed E-state index contributed by atoms with van der Waals surface area (Å²) in [5.74, 6) is -2.13. The number of alkyl halides is 2. The van der Waals surface area contributed by atoms with E-state index in [1.807, 2.05) is 0 Å². The largest absolute Gasteiger partial charge is 0.495 e. The van der Waals surface area contributed by atoms with Crippen LogP contribution in [0.3, 0.4) is 0 Å². The molecular formula is C21H22F2N6O4S. The molecule has 10 nitrogen and oxygen atoms in total. The van der Waals surface area contributed by atoms with Crippen molar-refractivity contribution in [1.82, 2.24) is 29.5 Å². The summed E-state index contributed by atoms with van der Waals surface area (Å²) in [6.45, 7) is -0.264. The van der Waals surface area contributed by atoms with Crippen LogP contribution in [0.2, 0.25) is 0 Å². The van der Waals surface area contributed by atoms with E-state index >= 15 is 0 Å². The highest BCUT2D eigenvalue weighted by molar-refractivity contribution is 7.18. The second-order valence-corrected chi connectivity index (χ2v) is 8.93. The van der Waals surface area contributed by atoms with Gasteiger partial charge in [-0.2, -0.15) is 5.10 Å². The standard InChI is InChI=1S/C21H22F2N6O4S/c1-31-13-7-17(33-11-18(30)24-12-3-5-21(22,23)6-4-12)16-8-14(26-28(16)9-13)15-10-29-19(25-15)34-20(27-29)32-2/h7-10,12H,3-6,11H2,1-2H3,(H,24,30). The first-order valence-electron chi connectivity index (χ1n) is 10.6. The molecule has 0 spiro atoms. The predicted molar refractivity (Wildman–Crippen MR) is 119 cm³/mol. The van der Waals surface area contributed by atoms with Crippen molar-refractivity contribution in [2.24, 2.45) is 0 Å². The number of fused-ring (bicyclic) bond motifs is 2. The Labute approximate surface area is 196 Å². The van der Waals surface area contributed by atoms with Gasteiger partial charge in [0.05, 0.1) is 26.6 Å². The van der Waals surface area contributed by atoms with E-state index in [0.29, 0.717) is 38.6 Å². The normalized spacial score (nSPS) is 16.1. The van der Waals surface area contributed by atoms with E-state index in [9.17, 15) is 13.6 Å². The van der Waals surface area contributed by atoms with E-state index in [-0.39, 0.29) is 44.2 Å². The molecule has 0 aromatic carbocycles. The molecule has 0 aliphatic heterocycles. The Bertz CT molecular complexity index is 1310. The third kappa shape index (κ3) is 4.47. The minimum absolute atomic E-state index is 0.220. The molecule has 0 unspecified atom stereocenters. The number of imidazole rings is 1. The molecule has 0 atom stereocenters. The molecule has 0 bridgehead atoms. The van der Waals surface area contributed by atoms with E-state index in [4.69, 9.17) is 14.2 Å². The molecule has 4 aromatic heterocycles. The van der Waals surface area contributed by atoms with Crippen molar-refractivity contribution in [3.8, 4) is 28.1 Å². The van der Waals surface area contributed by atoms with Crippen LogP contribution in [-0.4, -0.2) is 62.9 Å². The maximum atomic E-state index is 13.3. The van der Waals surface area contributed by atoms with Crippen molar-refractivity contribution in [1.29, 1.82) is 0 Å². The summed E-state index contributed by atoms with van der Waals surface area (Å²) in [7, 11) is 3.06. The van der Waals surface area contributed by atoms with E-state index in [1.165, 1.54) is 18.4 Å². The molecular weight excluding hydrogens is 470 g/mol. The number of aromatic nitrogens is 5. The Hall–Kier alpha value is -3.48. The Balaban J connectivity index is 1.33. The Morgan fingerprint density at radius 1 is 1.15 bits per heavy atom. The average Bonchev–Trinajstić information content (AvgIpc) is 3.51. The van der Waals surface area contributed by atoms with Crippen molar-refractivity contribution in [3.05, 3.63) is 24.5 Å². The molecule has 4 aromatic rings. The van der Waals surface area contributed by atoms with E-state index < -0.39 is 5.92 Å². The van der Waals surface area contributed by atoms with Crippen LogP contribution in [0.5, 0.6) is 16.7 Å². The Morgan fingerprint density at radius 2 is 1.94 bits per heavy atom.